The Morgan fingerprint density at radius 1 is 1.43 bits per heavy atom. The Balaban J connectivity index is 1.90. The standard InChI is InChI=1S/C14H18N2O5/c1-8-9(4-5-21-8)7-15-14(20)16-10-2-3-12(17)11(6-10)13(18)19/h2-3,6,8-9,17H,4-5,7H2,1H3,(H,18,19)(H2,15,16,20). The Hall–Kier alpha value is -2.28. The lowest BCUT2D eigenvalue weighted by molar-refractivity contribution is 0.0693. The molecule has 0 saturated carbocycles. The zero-order valence-corrected chi connectivity index (χ0v) is 11.6. The molecule has 0 aromatic heterocycles. The van der Waals surface area contributed by atoms with Gasteiger partial charge in [-0.05, 0) is 31.5 Å². The van der Waals surface area contributed by atoms with Crippen LogP contribution in [0.2, 0.25) is 0 Å². The fourth-order valence-electron chi connectivity index (χ4n) is 2.23. The number of hydrogen-bond donors (Lipinski definition) is 4. The maximum absolute atomic E-state index is 11.8. The number of phenols is 1. The van der Waals surface area contributed by atoms with E-state index in [1.54, 1.807) is 0 Å². The predicted molar refractivity (Wildman–Crippen MR) is 75.6 cm³/mol. The summed E-state index contributed by atoms with van der Waals surface area (Å²) in [4.78, 5) is 22.7. The third kappa shape index (κ3) is 3.85. The summed E-state index contributed by atoms with van der Waals surface area (Å²) in [6, 6.07) is 3.45. The number of benzene rings is 1. The molecule has 1 saturated heterocycles. The highest BCUT2D eigenvalue weighted by molar-refractivity contribution is 5.95. The number of carboxylic acid groups (broad SMARTS) is 1. The van der Waals surface area contributed by atoms with Crippen LogP contribution in [-0.2, 0) is 4.74 Å². The van der Waals surface area contributed by atoms with Crippen LogP contribution in [0.5, 0.6) is 5.75 Å². The summed E-state index contributed by atoms with van der Waals surface area (Å²) in [5, 5.41) is 23.6. The number of ether oxygens (including phenoxy) is 1. The van der Waals surface area contributed by atoms with Crippen LogP contribution in [0.3, 0.4) is 0 Å². The van der Waals surface area contributed by atoms with Gasteiger partial charge in [0.2, 0.25) is 0 Å². The quantitative estimate of drug-likeness (QED) is 0.631. The lowest BCUT2D eigenvalue weighted by Crippen LogP contribution is -2.35. The highest BCUT2D eigenvalue weighted by Gasteiger charge is 2.24. The molecule has 21 heavy (non-hydrogen) atoms. The molecule has 1 heterocycles. The van der Waals surface area contributed by atoms with Crippen molar-refractivity contribution in [1.82, 2.24) is 5.32 Å². The average Bonchev–Trinajstić information content (AvgIpc) is 2.84. The topological polar surface area (TPSA) is 108 Å². The molecule has 4 N–H and O–H groups in total. The summed E-state index contributed by atoms with van der Waals surface area (Å²) in [5.74, 6) is -1.32. The van der Waals surface area contributed by atoms with Crippen molar-refractivity contribution in [3.05, 3.63) is 23.8 Å². The van der Waals surface area contributed by atoms with E-state index in [1.807, 2.05) is 6.92 Å². The average molecular weight is 294 g/mol. The Labute approximate surface area is 121 Å². The molecule has 1 fully saturated rings. The second-order valence-electron chi connectivity index (χ2n) is 5.00. The van der Waals surface area contributed by atoms with Gasteiger partial charge in [0.15, 0.2) is 0 Å². The third-order valence-corrected chi connectivity index (χ3v) is 3.54. The first-order valence-electron chi connectivity index (χ1n) is 6.70. The van der Waals surface area contributed by atoms with E-state index < -0.39 is 12.0 Å². The molecule has 2 amide bonds. The molecule has 7 heteroatoms. The largest absolute Gasteiger partial charge is 0.507 e. The van der Waals surface area contributed by atoms with E-state index in [0.29, 0.717) is 18.8 Å². The van der Waals surface area contributed by atoms with Gasteiger partial charge in [-0.15, -0.1) is 0 Å². The summed E-state index contributed by atoms with van der Waals surface area (Å²) >= 11 is 0. The SMILES string of the molecule is CC1OCCC1CNC(=O)Nc1ccc(O)c(C(=O)O)c1. The van der Waals surface area contributed by atoms with Gasteiger partial charge < -0.3 is 25.6 Å². The molecule has 0 spiro atoms. The Bertz CT molecular complexity index is 546. The predicted octanol–water partition coefficient (Wildman–Crippen LogP) is 1.64. The number of carbonyl (C=O) groups is 2. The Morgan fingerprint density at radius 3 is 2.81 bits per heavy atom. The molecule has 2 atom stereocenters. The van der Waals surface area contributed by atoms with Crippen molar-refractivity contribution < 1.29 is 24.5 Å². The lowest BCUT2D eigenvalue weighted by Gasteiger charge is -2.15. The van der Waals surface area contributed by atoms with E-state index in [0.717, 1.165) is 6.42 Å². The highest BCUT2D eigenvalue weighted by atomic mass is 16.5. The number of aromatic hydroxyl groups is 1. The first-order chi connectivity index (χ1) is 9.97. The van der Waals surface area contributed by atoms with Gasteiger partial charge in [0.05, 0.1) is 6.10 Å². The van der Waals surface area contributed by atoms with Gasteiger partial charge in [-0.3, -0.25) is 0 Å². The van der Waals surface area contributed by atoms with E-state index in [9.17, 15) is 14.7 Å². The van der Waals surface area contributed by atoms with Crippen molar-refractivity contribution in [3.8, 4) is 5.75 Å². The monoisotopic (exact) mass is 294 g/mol. The van der Waals surface area contributed by atoms with E-state index in [4.69, 9.17) is 9.84 Å². The lowest BCUT2D eigenvalue weighted by atomic mass is 10.0. The summed E-state index contributed by atoms with van der Waals surface area (Å²) in [6.07, 6.45) is 1.03. The maximum atomic E-state index is 11.8. The number of anilines is 1. The minimum atomic E-state index is -1.26. The van der Waals surface area contributed by atoms with Gasteiger partial charge in [-0.2, -0.15) is 0 Å². The smallest absolute Gasteiger partial charge is 0.339 e. The van der Waals surface area contributed by atoms with Crippen LogP contribution in [0.4, 0.5) is 10.5 Å². The number of rotatable bonds is 4. The molecule has 0 radical (unpaired) electrons. The molecular weight excluding hydrogens is 276 g/mol. The van der Waals surface area contributed by atoms with Crippen molar-refractivity contribution in [3.63, 3.8) is 0 Å². The molecule has 2 rings (SSSR count). The number of urea groups is 1. The fraction of sp³-hybridized carbons (Fsp3) is 0.429. The third-order valence-electron chi connectivity index (χ3n) is 3.54. The Morgan fingerprint density at radius 2 is 2.19 bits per heavy atom. The molecule has 0 aliphatic carbocycles. The molecule has 0 bridgehead atoms. The van der Waals surface area contributed by atoms with Crippen molar-refractivity contribution in [1.29, 1.82) is 0 Å². The van der Waals surface area contributed by atoms with Crippen molar-refractivity contribution in [2.75, 3.05) is 18.5 Å². The van der Waals surface area contributed by atoms with Gasteiger partial charge in [0, 0.05) is 24.8 Å². The van der Waals surface area contributed by atoms with Gasteiger partial charge in [-0.1, -0.05) is 0 Å². The number of amides is 2. The van der Waals surface area contributed by atoms with Gasteiger partial charge in [-0.25, -0.2) is 9.59 Å². The summed E-state index contributed by atoms with van der Waals surface area (Å²) in [6.45, 7) is 3.17. The van der Waals surface area contributed by atoms with Crippen LogP contribution in [0, 0.1) is 5.92 Å². The minimum Gasteiger partial charge on any atom is -0.507 e. The number of carbonyl (C=O) groups excluding carboxylic acids is 1. The normalized spacial score (nSPS) is 21.0. The van der Waals surface area contributed by atoms with Gasteiger partial charge >= 0.3 is 12.0 Å². The maximum Gasteiger partial charge on any atom is 0.339 e. The Kier molecular flexibility index (Phi) is 4.64. The first-order valence-corrected chi connectivity index (χ1v) is 6.70. The van der Waals surface area contributed by atoms with Crippen LogP contribution < -0.4 is 10.6 Å². The molecule has 1 aliphatic heterocycles. The summed E-state index contributed by atoms with van der Waals surface area (Å²) in [7, 11) is 0. The van der Waals surface area contributed by atoms with Crippen molar-refractivity contribution in [2.24, 2.45) is 5.92 Å². The first kappa shape index (κ1) is 15.1. The number of nitrogens with one attached hydrogen (secondary N) is 2. The van der Waals surface area contributed by atoms with Gasteiger partial charge in [0.25, 0.3) is 0 Å². The molecule has 7 nitrogen and oxygen atoms in total. The van der Waals surface area contributed by atoms with Crippen LogP contribution >= 0.6 is 0 Å². The number of hydrogen-bond acceptors (Lipinski definition) is 4. The van der Waals surface area contributed by atoms with Crippen molar-refractivity contribution >= 4 is 17.7 Å². The van der Waals surface area contributed by atoms with E-state index >= 15 is 0 Å². The highest BCUT2D eigenvalue weighted by Crippen LogP contribution is 2.22. The van der Waals surface area contributed by atoms with E-state index in [1.165, 1.54) is 18.2 Å². The van der Waals surface area contributed by atoms with Gasteiger partial charge in [0.1, 0.15) is 11.3 Å². The fourth-order valence-corrected chi connectivity index (χ4v) is 2.23. The molecule has 1 aromatic rings. The minimum absolute atomic E-state index is 0.123. The molecular formula is C14H18N2O5. The summed E-state index contributed by atoms with van der Waals surface area (Å²) in [5.41, 5.74) is 0.0454. The number of carboxylic acids is 1. The van der Waals surface area contributed by atoms with Crippen LogP contribution in [0.25, 0.3) is 0 Å². The van der Waals surface area contributed by atoms with Crippen LogP contribution in [0.15, 0.2) is 18.2 Å². The molecule has 1 aromatic carbocycles. The van der Waals surface area contributed by atoms with E-state index in [2.05, 4.69) is 10.6 Å². The number of aromatic carboxylic acids is 1. The second kappa shape index (κ2) is 6.45. The van der Waals surface area contributed by atoms with Crippen molar-refractivity contribution in [2.45, 2.75) is 19.4 Å². The zero-order chi connectivity index (χ0) is 15.4. The molecule has 114 valence electrons. The second-order valence-corrected chi connectivity index (χ2v) is 5.00. The van der Waals surface area contributed by atoms with Crippen LogP contribution in [-0.4, -0.2) is 41.5 Å². The molecule has 2 unspecified atom stereocenters. The van der Waals surface area contributed by atoms with Crippen LogP contribution in [0.1, 0.15) is 23.7 Å². The molecule has 1 aliphatic rings. The zero-order valence-electron chi connectivity index (χ0n) is 11.6. The summed E-state index contributed by atoms with van der Waals surface area (Å²) < 4.78 is 5.41. The van der Waals surface area contributed by atoms with E-state index in [-0.39, 0.29) is 23.3 Å².